The predicted octanol–water partition coefficient (Wildman–Crippen LogP) is 3.99. The molecule has 0 aliphatic carbocycles. The van der Waals surface area contributed by atoms with Crippen molar-refractivity contribution in [3.8, 4) is 5.75 Å². The molecule has 3 nitrogen and oxygen atoms in total. The number of aromatic hydroxyl groups is 1. The third-order valence-corrected chi connectivity index (χ3v) is 3.40. The minimum absolute atomic E-state index is 0.131. The Morgan fingerprint density at radius 1 is 1.21 bits per heavy atom. The van der Waals surface area contributed by atoms with Gasteiger partial charge in [0.05, 0.1) is 12.1 Å². The fraction of sp³-hybridized carbons (Fsp3) is 0.0714. The highest BCUT2D eigenvalue weighted by molar-refractivity contribution is 9.10. The average molecular weight is 341 g/mol. The topological polar surface area (TPSA) is 49.3 Å². The second-order valence-electron chi connectivity index (χ2n) is 4.02. The Labute approximate surface area is 124 Å². The van der Waals surface area contributed by atoms with Gasteiger partial charge in [0.25, 0.3) is 0 Å². The van der Waals surface area contributed by atoms with Crippen LogP contribution in [0.25, 0.3) is 0 Å². The molecule has 2 aromatic carbocycles. The van der Waals surface area contributed by atoms with Crippen LogP contribution in [0.3, 0.4) is 0 Å². The lowest BCUT2D eigenvalue weighted by molar-refractivity contribution is -0.115. The van der Waals surface area contributed by atoms with Crippen molar-refractivity contribution in [3.05, 3.63) is 57.5 Å². The smallest absolute Gasteiger partial charge is 0.228 e. The molecule has 0 saturated heterocycles. The van der Waals surface area contributed by atoms with E-state index in [4.69, 9.17) is 16.7 Å². The molecular formula is C14H11BrClNO2. The molecule has 98 valence electrons. The van der Waals surface area contributed by atoms with Crippen molar-refractivity contribution in [2.75, 3.05) is 5.32 Å². The van der Waals surface area contributed by atoms with Crippen molar-refractivity contribution in [1.82, 2.24) is 0 Å². The van der Waals surface area contributed by atoms with E-state index in [0.29, 0.717) is 10.7 Å². The van der Waals surface area contributed by atoms with Crippen molar-refractivity contribution >= 4 is 39.1 Å². The summed E-state index contributed by atoms with van der Waals surface area (Å²) in [6.45, 7) is 0. The number of rotatable bonds is 3. The van der Waals surface area contributed by atoms with Gasteiger partial charge in [-0.15, -0.1) is 0 Å². The molecule has 0 atom stereocenters. The first-order chi connectivity index (χ1) is 9.04. The Kier molecular flexibility index (Phi) is 4.45. The number of carbonyl (C=O) groups excluding carboxylic acids is 1. The van der Waals surface area contributed by atoms with Gasteiger partial charge in [0.15, 0.2) is 0 Å². The molecule has 0 aliphatic heterocycles. The van der Waals surface area contributed by atoms with Gasteiger partial charge in [0.1, 0.15) is 5.75 Å². The van der Waals surface area contributed by atoms with Crippen LogP contribution in [0, 0.1) is 0 Å². The third kappa shape index (κ3) is 3.98. The van der Waals surface area contributed by atoms with E-state index < -0.39 is 0 Å². The van der Waals surface area contributed by atoms with E-state index in [9.17, 15) is 4.79 Å². The molecule has 0 heterocycles. The van der Waals surface area contributed by atoms with Crippen molar-refractivity contribution in [2.45, 2.75) is 6.42 Å². The average Bonchev–Trinajstić information content (AvgIpc) is 2.36. The summed E-state index contributed by atoms with van der Waals surface area (Å²) in [6.07, 6.45) is 0.245. The van der Waals surface area contributed by atoms with Crippen LogP contribution in [-0.2, 0) is 11.2 Å². The molecular weight excluding hydrogens is 330 g/mol. The Balaban J connectivity index is 2.03. The Bertz CT molecular complexity index is 599. The Morgan fingerprint density at radius 3 is 2.53 bits per heavy atom. The molecule has 2 N–H and O–H groups in total. The van der Waals surface area contributed by atoms with Crippen LogP contribution in [0.5, 0.6) is 5.75 Å². The summed E-state index contributed by atoms with van der Waals surface area (Å²) in [5.74, 6) is 0.0540. The molecule has 0 aliphatic rings. The number of hydrogen-bond donors (Lipinski definition) is 2. The number of nitrogens with one attached hydrogen (secondary N) is 1. The maximum atomic E-state index is 11.9. The van der Waals surface area contributed by atoms with Crippen LogP contribution in [0.2, 0.25) is 5.02 Å². The fourth-order valence-corrected chi connectivity index (χ4v) is 2.37. The maximum absolute atomic E-state index is 11.9. The highest BCUT2D eigenvalue weighted by Crippen LogP contribution is 2.26. The van der Waals surface area contributed by atoms with Crippen LogP contribution in [0.1, 0.15) is 5.56 Å². The molecule has 0 aromatic heterocycles. The minimum atomic E-state index is -0.131. The van der Waals surface area contributed by atoms with E-state index in [1.54, 1.807) is 42.5 Å². The van der Waals surface area contributed by atoms with E-state index >= 15 is 0 Å². The lowest BCUT2D eigenvalue weighted by Crippen LogP contribution is -2.14. The van der Waals surface area contributed by atoms with Crippen molar-refractivity contribution in [2.24, 2.45) is 0 Å². The zero-order chi connectivity index (χ0) is 13.8. The molecule has 0 fully saturated rings. The largest absolute Gasteiger partial charge is 0.508 e. The van der Waals surface area contributed by atoms with Crippen LogP contribution < -0.4 is 5.32 Å². The SMILES string of the molecule is O=C(Cc1ccc(O)cc1)Nc1ccc(Cl)cc1Br. The number of carbonyl (C=O) groups is 1. The summed E-state index contributed by atoms with van der Waals surface area (Å²) in [5, 5.41) is 12.6. The van der Waals surface area contributed by atoms with Crippen molar-refractivity contribution < 1.29 is 9.90 Å². The van der Waals surface area contributed by atoms with E-state index in [0.717, 1.165) is 10.0 Å². The second-order valence-corrected chi connectivity index (χ2v) is 5.31. The monoisotopic (exact) mass is 339 g/mol. The van der Waals surface area contributed by atoms with E-state index in [1.165, 1.54) is 0 Å². The lowest BCUT2D eigenvalue weighted by atomic mass is 10.1. The molecule has 2 rings (SSSR count). The molecule has 5 heteroatoms. The van der Waals surface area contributed by atoms with Gasteiger partial charge in [0, 0.05) is 9.50 Å². The highest BCUT2D eigenvalue weighted by Gasteiger charge is 2.07. The van der Waals surface area contributed by atoms with Gasteiger partial charge in [-0.25, -0.2) is 0 Å². The fourth-order valence-electron chi connectivity index (χ4n) is 1.58. The highest BCUT2D eigenvalue weighted by atomic mass is 79.9. The lowest BCUT2D eigenvalue weighted by Gasteiger charge is -2.08. The molecule has 0 unspecified atom stereocenters. The van der Waals surface area contributed by atoms with Gasteiger partial charge >= 0.3 is 0 Å². The molecule has 2 aromatic rings. The number of halogens is 2. The summed E-state index contributed by atoms with van der Waals surface area (Å²) in [6, 6.07) is 11.7. The summed E-state index contributed by atoms with van der Waals surface area (Å²) in [4.78, 5) is 11.9. The first-order valence-electron chi connectivity index (χ1n) is 5.57. The number of phenolic OH excluding ortho intramolecular Hbond substituents is 1. The molecule has 0 radical (unpaired) electrons. The van der Waals surface area contributed by atoms with Gasteiger partial charge in [-0.05, 0) is 51.8 Å². The first-order valence-corrected chi connectivity index (χ1v) is 6.74. The molecule has 0 saturated carbocycles. The quantitative estimate of drug-likeness (QED) is 0.887. The van der Waals surface area contributed by atoms with Crippen LogP contribution in [-0.4, -0.2) is 11.0 Å². The number of phenols is 1. The Morgan fingerprint density at radius 2 is 1.89 bits per heavy atom. The number of anilines is 1. The number of amides is 1. The van der Waals surface area contributed by atoms with E-state index in [-0.39, 0.29) is 18.1 Å². The van der Waals surface area contributed by atoms with E-state index in [2.05, 4.69) is 21.2 Å². The minimum Gasteiger partial charge on any atom is -0.508 e. The summed E-state index contributed by atoms with van der Waals surface area (Å²) >= 11 is 9.17. The first kappa shape index (κ1) is 13.9. The Hall–Kier alpha value is -1.52. The van der Waals surface area contributed by atoms with Crippen molar-refractivity contribution in [1.29, 1.82) is 0 Å². The predicted molar refractivity (Wildman–Crippen MR) is 79.6 cm³/mol. The standard InChI is InChI=1S/C14H11BrClNO2/c15-12-8-10(16)3-6-13(12)17-14(19)7-9-1-4-11(18)5-2-9/h1-6,8,18H,7H2,(H,17,19). The van der Waals surface area contributed by atoms with Gasteiger partial charge < -0.3 is 10.4 Å². The summed E-state index contributed by atoms with van der Waals surface area (Å²) in [5.41, 5.74) is 1.51. The summed E-state index contributed by atoms with van der Waals surface area (Å²) < 4.78 is 0.735. The van der Waals surface area contributed by atoms with Crippen LogP contribution >= 0.6 is 27.5 Å². The van der Waals surface area contributed by atoms with Crippen LogP contribution in [0.4, 0.5) is 5.69 Å². The van der Waals surface area contributed by atoms with E-state index in [1.807, 2.05) is 0 Å². The number of benzene rings is 2. The third-order valence-electron chi connectivity index (χ3n) is 2.51. The zero-order valence-corrected chi connectivity index (χ0v) is 12.2. The van der Waals surface area contributed by atoms with Gasteiger partial charge in [-0.3, -0.25) is 4.79 Å². The molecule has 1 amide bonds. The maximum Gasteiger partial charge on any atom is 0.228 e. The molecule has 0 spiro atoms. The number of hydrogen-bond acceptors (Lipinski definition) is 2. The van der Waals surface area contributed by atoms with Gasteiger partial charge in [-0.2, -0.15) is 0 Å². The van der Waals surface area contributed by atoms with Crippen molar-refractivity contribution in [3.63, 3.8) is 0 Å². The zero-order valence-electron chi connectivity index (χ0n) is 9.86. The van der Waals surface area contributed by atoms with Gasteiger partial charge in [-0.1, -0.05) is 23.7 Å². The molecule has 0 bridgehead atoms. The van der Waals surface area contributed by atoms with Crippen LogP contribution in [0.15, 0.2) is 46.9 Å². The van der Waals surface area contributed by atoms with Gasteiger partial charge in [0.2, 0.25) is 5.91 Å². The second kappa shape index (κ2) is 6.08. The molecule has 19 heavy (non-hydrogen) atoms. The summed E-state index contributed by atoms with van der Waals surface area (Å²) in [7, 11) is 0. The normalized spacial score (nSPS) is 10.2.